The van der Waals surface area contributed by atoms with Crippen LogP contribution in [-0.2, 0) is 4.79 Å². The zero-order valence-corrected chi connectivity index (χ0v) is 13.3. The van der Waals surface area contributed by atoms with E-state index in [9.17, 15) is 4.79 Å². The number of benzene rings is 1. The molecular formula is C18H19N3O3. The van der Waals surface area contributed by atoms with E-state index in [-0.39, 0.29) is 11.9 Å². The summed E-state index contributed by atoms with van der Waals surface area (Å²) in [5.74, 6) is 1.20. The number of carbonyl (C=O) groups excluding carboxylic acids is 1. The number of nitrogens with zero attached hydrogens (tertiary/aromatic N) is 2. The quantitative estimate of drug-likeness (QED) is 0.725. The number of aromatic nitrogens is 2. The normalized spacial score (nSPS) is 13.2. The highest BCUT2D eigenvalue weighted by molar-refractivity contribution is 5.80. The molecule has 6 heteroatoms. The van der Waals surface area contributed by atoms with E-state index in [0.717, 1.165) is 5.76 Å². The Labute approximate surface area is 140 Å². The van der Waals surface area contributed by atoms with Gasteiger partial charge in [-0.05, 0) is 37.3 Å². The molecule has 0 saturated heterocycles. The van der Waals surface area contributed by atoms with E-state index in [1.807, 2.05) is 54.7 Å². The smallest absolute Gasteiger partial charge is 0.260 e. The Kier molecular flexibility index (Phi) is 4.96. The first kappa shape index (κ1) is 15.9. The van der Waals surface area contributed by atoms with Gasteiger partial charge in [0.1, 0.15) is 17.6 Å². The third-order valence-corrected chi connectivity index (χ3v) is 3.61. The van der Waals surface area contributed by atoms with Crippen LogP contribution in [0.15, 0.2) is 71.6 Å². The van der Waals surface area contributed by atoms with Gasteiger partial charge in [0, 0.05) is 18.9 Å². The van der Waals surface area contributed by atoms with Crippen LogP contribution in [0.4, 0.5) is 0 Å². The van der Waals surface area contributed by atoms with Crippen LogP contribution in [0.2, 0.25) is 0 Å². The van der Waals surface area contributed by atoms with Crippen LogP contribution in [0.3, 0.4) is 0 Å². The first-order chi connectivity index (χ1) is 11.7. The highest BCUT2D eigenvalue weighted by Gasteiger charge is 2.20. The van der Waals surface area contributed by atoms with Crippen molar-refractivity contribution < 1.29 is 13.9 Å². The maximum atomic E-state index is 12.3. The fourth-order valence-corrected chi connectivity index (χ4v) is 2.37. The second-order valence-corrected chi connectivity index (χ2v) is 5.34. The highest BCUT2D eigenvalue weighted by atomic mass is 16.5. The lowest BCUT2D eigenvalue weighted by Crippen LogP contribution is -2.39. The number of carbonyl (C=O) groups is 1. The summed E-state index contributed by atoms with van der Waals surface area (Å²) >= 11 is 0. The van der Waals surface area contributed by atoms with Crippen molar-refractivity contribution in [3.63, 3.8) is 0 Å². The van der Waals surface area contributed by atoms with Crippen molar-refractivity contribution in [3.05, 3.63) is 72.9 Å². The SMILES string of the molecule is C[C@@H](Oc1ccccc1)C(=O)NC[C@H](c1ccco1)n1cccn1. The van der Waals surface area contributed by atoms with Crippen LogP contribution < -0.4 is 10.1 Å². The molecule has 0 radical (unpaired) electrons. The third-order valence-electron chi connectivity index (χ3n) is 3.61. The van der Waals surface area contributed by atoms with Crippen molar-refractivity contribution in [2.45, 2.75) is 19.1 Å². The molecule has 1 N–H and O–H groups in total. The molecule has 1 amide bonds. The molecule has 3 aromatic rings. The molecule has 2 aromatic heterocycles. The average molecular weight is 325 g/mol. The molecule has 24 heavy (non-hydrogen) atoms. The van der Waals surface area contributed by atoms with Gasteiger partial charge in [0.15, 0.2) is 6.10 Å². The number of nitrogens with one attached hydrogen (secondary N) is 1. The Morgan fingerprint density at radius 3 is 2.75 bits per heavy atom. The van der Waals surface area contributed by atoms with Gasteiger partial charge in [-0.3, -0.25) is 9.48 Å². The molecule has 0 aliphatic heterocycles. The minimum Gasteiger partial charge on any atom is -0.481 e. The van der Waals surface area contributed by atoms with Gasteiger partial charge in [0.25, 0.3) is 5.91 Å². The Morgan fingerprint density at radius 2 is 2.08 bits per heavy atom. The molecule has 0 spiro atoms. The summed E-state index contributed by atoms with van der Waals surface area (Å²) in [7, 11) is 0. The Hall–Kier alpha value is -3.02. The van der Waals surface area contributed by atoms with E-state index in [4.69, 9.17) is 9.15 Å². The predicted octanol–water partition coefficient (Wildman–Crippen LogP) is 2.65. The number of para-hydroxylation sites is 1. The lowest BCUT2D eigenvalue weighted by molar-refractivity contribution is -0.127. The van der Waals surface area contributed by atoms with Crippen LogP contribution in [0.5, 0.6) is 5.75 Å². The summed E-state index contributed by atoms with van der Waals surface area (Å²) in [6.45, 7) is 2.08. The second kappa shape index (κ2) is 7.50. The lowest BCUT2D eigenvalue weighted by atomic mass is 10.2. The van der Waals surface area contributed by atoms with Gasteiger partial charge >= 0.3 is 0 Å². The molecule has 2 atom stereocenters. The fourth-order valence-electron chi connectivity index (χ4n) is 2.37. The Morgan fingerprint density at radius 1 is 1.25 bits per heavy atom. The number of rotatable bonds is 7. The van der Waals surface area contributed by atoms with Gasteiger partial charge in [0.05, 0.1) is 6.26 Å². The molecule has 2 heterocycles. The zero-order valence-electron chi connectivity index (χ0n) is 13.3. The number of hydrogen-bond donors (Lipinski definition) is 1. The third kappa shape index (κ3) is 3.84. The van der Waals surface area contributed by atoms with Crippen molar-refractivity contribution >= 4 is 5.91 Å². The number of amides is 1. The maximum Gasteiger partial charge on any atom is 0.260 e. The molecule has 0 aliphatic rings. The molecule has 0 bridgehead atoms. The summed E-state index contributed by atoms with van der Waals surface area (Å²) in [4.78, 5) is 12.3. The first-order valence-electron chi connectivity index (χ1n) is 7.76. The van der Waals surface area contributed by atoms with E-state index in [2.05, 4.69) is 10.4 Å². The summed E-state index contributed by atoms with van der Waals surface area (Å²) in [5.41, 5.74) is 0. The largest absolute Gasteiger partial charge is 0.481 e. The van der Waals surface area contributed by atoms with E-state index in [0.29, 0.717) is 12.3 Å². The molecule has 124 valence electrons. The van der Waals surface area contributed by atoms with Crippen molar-refractivity contribution in [3.8, 4) is 5.75 Å². The minimum absolute atomic E-state index is 0.192. The molecule has 6 nitrogen and oxygen atoms in total. The van der Waals surface area contributed by atoms with Gasteiger partial charge in [-0.15, -0.1) is 0 Å². The van der Waals surface area contributed by atoms with E-state index in [1.54, 1.807) is 24.1 Å². The van der Waals surface area contributed by atoms with Crippen molar-refractivity contribution in [2.75, 3.05) is 6.54 Å². The van der Waals surface area contributed by atoms with Gasteiger partial charge < -0.3 is 14.5 Å². The van der Waals surface area contributed by atoms with Crippen LogP contribution in [0, 0.1) is 0 Å². The van der Waals surface area contributed by atoms with Gasteiger partial charge in [-0.2, -0.15) is 5.10 Å². The fraction of sp³-hybridized carbons (Fsp3) is 0.222. The van der Waals surface area contributed by atoms with Crippen LogP contribution in [-0.4, -0.2) is 28.3 Å². The summed E-state index contributed by atoms with van der Waals surface area (Å²) in [5, 5.41) is 7.13. The standard InChI is InChI=1S/C18H19N3O3/c1-14(24-15-7-3-2-4-8-15)18(22)19-13-16(17-9-5-12-23-17)21-11-6-10-20-21/h2-12,14,16H,13H2,1H3,(H,19,22)/t14-,16-/m1/s1. The van der Waals surface area contributed by atoms with Gasteiger partial charge in [-0.25, -0.2) is 0 Å². The maximum absolute atomic E-state index is 12.3. The van der Waals surface area contributed by atoms with Crippen molar-refractivity contribution in [2.24, 2.45) is 0 Å². The van der Waals surface area contributed by atoms with Crippen LogP contribution >= 0.6 is 0 Å². The minimum atomic E-state index is -0.595. The lowest BCUT2D eigenvalue weighted by Gasteiger charge is -2.19. The molecule has 1 aromatic carbocycles. The second-order valence-electron chi connectivity index (χ2n) is 5.34. The molecule has 0 aliphatic carbocycles. The molecule has 0 unspecified atom stereocenters. The molecular weight excluding hydrogens is 306 g/mol. The molecule has 3 rings (SSSR count). The number of furan rings is 1. The first-order valence-corrected chi connectivity index (χ1v) is 7.76. The van der Waals surface area contributed by atoms with Crippen LogP contribution in [0.1, 0.15) is 18.7 Å². The van der Waals surface area contributed by atoms with Crippen LogP contribution in [0.25, 0.3) is 0 Å². The van der Waals surface area contributed by atoms with Crippen molar-refractivity contribution in [1.29, 1.82) is 0 Å². The predicted molar refractivity (Wildman–Crippen MR) is 88.6 cm³/mol. The molecule has 0 saturated carbocycles. The Bertz CT molecular complexity index is 705. The van der Waals surface area contributed by atoms with Crippen molar-refractivity contribution in [1.82, 2.24) is 15.1 Å². The van der Waals surface area contributed by atoms with E-state index in [1.165, 1.54) is 0 Å². The zero-order chi connectivity index (χ0) is 16.8. The summed E-state index contributed by atoms with van der Waals surface area (Å²) in [6, 6.07) is 14.6. The molecule has 0 fully saturated rings. The number of ether oxygens (including phenoxy) is 1. The average Bonchev–Trinajstić information content (AvgIpc) is 3.30. The topological polar surface area (TPSA) is 69.3 Å². The Balaban J connectivity index is 1.61. The van der Waals surface area contributed by atoms with E-state index >= 15 is 0 Å². The van der Waals surface area contributed by atoms with Gasteiger partial charge in [0.2, 0.25) is 0 Å². The monoisotopic (exact) mass is 325 g/mol. The van der Waals surface area contributed by atoms with Gasteiger partial charge in [-0.1, -0.05) is 18.2 Å². The number of hydrogen-bond acceptors (Lipinski definition) is 4. The summed E-state index contributed by atoms with van der Waals surface area (Å²) in [6.07, 6.45) is 4.54. The highest BCUT2D eigenvalue weighted by Crippen LogP contribution is 2.17. The van der Waals surface area contributed by atoms with E-state index < -0.39 is 6.10 Å². The summed E-state index contributed by atoms with van der Waals surface area (Å²) < 4.78 is 12.8.